The molecule has 4 nitrogen and oxygen atoms in total. The summed E-state index contributed by atoms with van der Waals surface area (Å²) < 4.78 is 5.50. The first kappa shape index (κ1) is 10.6. The first-order chi connectivity index (χ1) is 6.11. The van der Waals surface area contributed by atoms with Crippen molar-refractivity contribution in [2.45, 2.75) is 38.5 Å². The highest BCUT2D eigenvalue weighted by Gasteiger charge is 2.29. The molecule has 0 aromatic heterocycles. The Kier molecular flexibility index (Phi) is 3.84. The van der Waals surface area contributed by atoms with Gasteiger partial charge in [-0.2, -0.15) is 0 Å². The van der Waals surface area contributed by atoms with E-state index in [9.17, 15) is 4.79 Å². The number of ether oxygens (including phenoxy) is 1. The molecule has 1 saturated heterocycles. The second-order valence-electron chi connectivity index (χ2n) is 3.66. The van der Waals surface area contributed by atoms with Crippen molar-refractivity contribution < 1.29 is 9.53 Å². The average Bonchev–Trinajstić information content (AvgIpc) is 2.03. The number of Topliss-reactive ketones (excluding diaryl/α,β-unsaturated/α-hetero) is 1. The van der Waals surface area contributed by atoms with Crippen molar-refractivity contribution in [2.75, 3.05) is 13.2 Å². The van der Waals surface area contributed by atoms with Crippen LogP contribution in [-0.2, 0) is 9.53 Å². The lowest BCUT2D eigenvalue weighted by atomic mass is 10.00. The maximum Gasteiger partial charge on any atom is 0.149 e. The zero-order valence-electron chi connectivity index (χ0n) is 8.25. The van der Waals surface area contributed by atoms with Crippen LogP contribution in [0.15, 0.2) is 0 Å². The van der Waals surface area contributed by atoms with Crippen LogP contribution in [0.3, 0.4) is 0 Å². The van der Waals surface area contributed by atoms with E-state index in [2.05, 4.69) is 5.32 Å². The summed E-state index contributed by atoms with van der Waals surface area (Å²) >= 11 is 0. The molecule has 1 aliphatic heterocycles. The topological polar surface area (TPSA) is 64.3 Å². The van der Waals surface area contributed by atoms with Crippen molar-refractivity contribution in [3.05, 3.63) is 0 Å². The number of morpholine rings is 1. The third-order valence-corrected chi connectivity index (χ3v) is 2.21. The summed E-state index contributed by atoms with van der Waals surface area (Å²) in [6.07, 6.45) is 0.684. The monoisotopic (exact) mass is 186 g/mol. The van der Waals surface area contributed by atoms with Crippen LogP contribution in [0.5, 0.6) is 0 Å². The van der Waals surface area contributed by atoms with E-state index in [1.54, 1.807) is 6.92 Å². The quantitative estimate of drug-likeness (QED) is 0.633. The van der Waals surface area contributed by atoms with E-state index >= 15 is 0 Å². The van der Waals surface area contributed by atoms with Gasteiger partial charge in [0.05, 0.1) is 18.8 Å². The van der Waals surface area contributed by atoms with E-state index in [1.165, 1.54) is 0 Å². The van der Waals surface area contributed by atoms with E-state index in [-0.39, 0.29) is 24.0 Å². The molecule has 1 aliphatic rings. The van der Waals surface area contributed by atoms with Crippen LogP contribution in [0.1, 0.15) is 20.3 Å². The first-order valence-corrected chi connectivity index (χ1v) is 4.72. The highest BCUT2D eigenvalue weighted by Crippen LogP contribution is 2.11. The molecule has 0 radical (unpaired) electrons. The average molecular weight is 186 g/mol. The van der Waals surface area contributed by atoms with Crippen molar-refractivity contribution in [3.63, 3.8) is 0 Å². The molecule has 13 heavy (non-hydrogen) atoms. The van der Waals surface area contributed by atoms with E-state index in [0.29, 0.717) is 6.61 Å². The number of hydrogen-bond donors (Lipinski definition) is 2. The third-order valence-electron chi connectivity index (χ3n) is 2.21. The highest BCUT2D eigenvalue weighted by atomic mass is 16.5. The van der Waals surface area contributed by atoms with Crippen LogP contribution < -0.4 is 11.1 Å². The lowest BCUT2D eigenvalue weighted by Gasteiger charge is -2.32. The Labute approximate surface area is 78.8 Å². The normalized spacial score (nSPS) is 31.3. The molecular weight excluding hydrogens is 168 g/mol. The molecule has 3 unspecified atom stereocenters. The smallest absolute Gasteiger partial charge is 0.149 e. The second-order valence-corrected chi connectivity index (χ2v) is 3.66. The zero-order chi connectivity index (χ0) is 9.84. The maximum atomic E-state index is 11.2. The number of carbonyl (C=O) groups is 1. The van der Waals surface area contributed by atoms with Crippen molar-refractivity contribution in [2.24, 2.45) is 5.73 Å². The maximum absolute atomic E-state index is 11.2. The van der Waals surface area contributed by atoms with E-state index < -0.39 is 0 Å². The summed E-state index contributed by atoms with van der Waals surface area (Å²) in [6.45, 7) is 4.93. The molecule has 0 aliphatic carbocycles. The van der Waals surface area contributed by atoms with Gasteiger partial charge in [0.1, 0.15) is 5.78 Å². The first-order valence-electron chi connectivity index (χ1n) is 4.72. The predicted octanol–water partition coefficient (Wildman–Crippen LogP) is -0.330. The van der Waals surface area contributed by atoms with Gasteiger partial charge in [0.2, 0.25) is 0 Å². The van der Waals surface area contributed by atoms with Gasteiger partial charge in [0.25, 0.3) is 0 Å². The molecule has 0 spiro atoms. The van der Waals surface area contributed by atoms with Gasteiger partial charge in [-0.25, -0.2) is 0 Å². The summed E-state index contributed by atoms with van der Waals surface area (Å²) in [5.41, 5.74) is 5.67. The number of hydrogen-bond acceptors (Lipinski definition) is 4. The fourth-order valence-electron chi connectivity index (χ4n) is 1.63. The Bertz CT molecular complexity index is 182. The molecular formula is C9H18N2O2. The molecule has 0 aromatic carbocycles. The minimum atomic E-state index is -0.167. The largest absolute Gasteiger partial charge is 0.375 e. The fraction of sp³-hybridized carbons (Fsp3) is 0.889. The number of nitrogens with two attached hydrogens (primary N) is 1. The molecule has 1 heterocycles. The van der Waals surface area contributed by atoms with Crippen molar-refractivity contribution >= 4 is 5.78 Å². The molecule has 1 rings (SSSR count). The lowest BCUT2D eigenvalue weighted by molar-refractivity contribution is -0.125. The van der Waals surface area contributed by atoms with Gasteiger partial charge in [0, 0.05) is 12.6 Å². The second kappa shape index (κ2) is 4.69. The number of carbonyl (C=O) groups excluding carboxylic acids is 1. The van der Waals surface area contributed by atoms with Crippen LogP contribution in [0.4, 0.5) is 0 Å². The van der Waals surface area contributed by atoms with Gasteiger partial charge in [-0.1, -0.05) is 0 Å². The molecule has 4 heteroatoms. The van der Waals surface area contributed by atoms with Gasteiger partial charge in [-0.15, -0.1) is 0 Å². The number of nitrogens with one attached hydrogen (secondary N) is 1. The number of ketones is 1. The van der Waals surface area contributed by atoms with Crippen molar-refractivity contribution in [3.8, 4) is 0 Å². The Morgan fingerprint density at radius 2 is 2.46 bits per heavy atom. The summed E-state index contributed by atoms with van der Waals surface area (Å²) in [5.74, 6) is 0.130. The van der Waals surface area contributed by atoms with Crippen molar-refractivity contribution in [1.29, 1.82) is 0 Å². The summed E-state index contributed by atoms with van der Waals surface area (Å²) in [4.78, 5) is 11.2. The molecule has 1 fully saturated rings. The highest BCUT2D eigenvalue weighted by molar-refractivity contribution is 5.82. The molecule has 0 bridgehead atoms. The number of rotatable bonds is 3. The van der Waals surface area contributed by atoms with Crippen LogP contribution in [0, 0.1) is 0 Å². The Morgan fingerprint density at radius 3 is 3.00 bits per heavy atom. The third kappa shape index (κ3) is 3.06. The summed E-state index contributed by atoms with van der Waals surface area (Å²) in [7, 11) is 0. The molecule has 3 atom stereocenters. The molecule has 0 saturated carbocycles. The molecule has 3 N–H and O–H groups in total. The van der Waals surface area contributed by atoms with Crippen LogP contribution in [-0.4, -0.2) is 37.1 Å². The Hall–Kier alpha value is -0.450. The minimum Gasteiger partial charge on any atom is -0.375 e. The standard InChI is InChI=1S/C9H18N2O2/c1-6(10)5-8-9(7(2)12)11-3-4-13-8/h6,8-9,11H,3-5,10H2,1-2H3. The van der Waals surface area contributed by atoms with Gasteiger partial charge >= 0.3 is 0 Å². The summed E-state index contributed by atoms with van der Waals surface area (Å²) in [6, 6.07) is -0.0912. The van der Waals surface area contributed by atoms with E-state index in [1.807, 2.05) is 6.92 Å². The van der Waals surface area contributed by atoms with Gasteiger partial charge in [-0.05, 0) is 20.3 Å². The Morgan fingerprint density at radius 1 is 1.77 bits per heavy atom. The van der Waals surface area contributed by atoms with Crippen LogP contribution in [0.25, 0.3) is 0 Å². The predicted molar refractivity (Wildman–Crippen MR) is 50.5 cm³/mol. The fourth-order valence-corrected chi connectivity index (χ4v) is 1.63. The van der Waals surface area contributed by atoms with Crippen LogP contribution in [0.2, 0.25) is 0 Å². The van der Waals surface area contributed by atoms with Gasteiger partial charge < -0.3 is 15.8 Å². The SMILES string of the molecule is CC(=O)C1NCCOC1CC(C)N. The van der Waals surface area contributed by atoms with E-state index in [0.717, 1.165) is 13.0 Å². The van der Waals surface area contributed by atoms with E-state index in [4.69, 9.17) is 10.5 Å². The van der Waals surface area contributed by atoms with Gasteiger partial charge in [0.15, 0.2) is 0 Å². The zero-order valence-corrected chi connectivity index (χ0v) is 8.25. The molecule has 0 aromatic rings. The molecule has 0 amide bonds. The summed E-state index contributed by atoms with van der Waals surface area (Å²) in [5, 5.41) is 3.14. The Balaban J connectivity index is 2.51. The molecule has 76 valence electrons. The van der Waals surface area contributed by atoms with Gasteiger partial charge in [-0.3, -0.25) is 4.79 Å². The van der Waals surface area contributed by atoms with Crippen molar-refractivity contribution in [1.82, 2.24) is 5.32 Å². The van der Waals surface area contributed by atoms with Crippen LogP contribution >= 0.6 is 0 Å². The minimum absolute atomic E-state index is 0.0498. The lowest BCUT2D eigenvalue weighted by Crippen LogP contribution is -2.53.